The number of nitrogens with one attached hydrogen (secondary N) is 2. The van der Waals surface area contributed by atoms with Gasteiger partial charge in [0, 0.05) is 0 Å². The van der Waals surface area contributed by atoms with E-state index in [-0.39, 0.29) is 33.1 Å². The van der Waals surface area contributed by atoms with Crippen molar-refractivity contribution in [1.82, 2.24) is 0 Å². The molecule has 0 saturated heterocycles. The van der Waals surface area contributed by atoms with Gasteiger partial charge in [-0.3, -0.25) is 0 Å². The summed E-state index contributed by atoms with van der Waals surface area (Å²) in [5.41, 5.74) is 14.6. The van der Waals surface area contributed by atoms with Gasteiger partial charge in [0.15, 0.2) is 0 Å². The van der Waals surface area contributed by atoms with Gasteiger partial charge >= 0.3 is 33.0 Å². The van der Waals surface area contributed by atoms with E-state index in [4.69, 9.17) is 31.3 Å². The fraction of sp³-hybridized carbons (Fsp3) is 0.750. The predicted octanol–water partition coefficient (Wildman–Crippen LogP) is 1.56. The zero-order valence-corrected chi connectivity index (χ0v) is 10.3. The van der Waals surface area contributed by atoms with Gasteiger partial charge in [0.2, 0.25) is 0 Å². The third-order valence-electron chi connectivity index (χ3n) is 1.91. The van der Waals surface area contributed by atoms with Gasteiger partial charge in [-0.1, -0.05) is 25.7 Å². The van der Waals surface area contributed by atoms with E-state index in [0.29, 0.717) is 0 Å². The normalized spacial score (nSPS) is 24.1. The number of carbonyl (C=O) groups is 2. The Balaban J connectivity index is 0. The molecule has 1 saturated carbocycles. The largest absolute Gasteiger partial charge is 2.00 e. The van der Waals surface area contributed by atoms with E-state index in [1.807, 2.05) is 0 Å². The molecule has 0 atom stereocenters. The topological polar surface area (TPSA) is 122 Å². The molecule has 0 unspecified atom stereocenters. The van der Waals surface area contributed by atoms with Crippen LogP contribution in [-0.2, 0) is 30.7 Å². The maximum atomic E-state index is 9.10. The Morgan fingerprint density at radius 1 is 0.867 bits per heavy atom. The van der Waals surface area contributed by atoms with Crippen molar-refractivity contribution < 1.29 is 40.9 Å². The van der Waals surface area contributed by atoms with Crippen LogP contribution in [0.1, 0.15) is 25.7 Å². The van der Waals surface area contributed by atoms with Crippen LogP contribution in [-0.4, -0.2) is 34.2 Å². The van der Waals surface area contributed by atoms with Crippen molar-refractivity contribution in [2.75, 3.05) is 0 Å². The molecule has 0 radical (unpaired) electrons. The van der Waals surface area contributed by atoms with Crippen LogP contribution in [0.5, 0.6) is 0 Å². The Bertz CT molecular complexity index is 183. The Kier molecular flexibility index (Phi) is 9.98. The number of carboxylic acids is 2. The van der Waals surface area contributed by atoms with E-state index in [1.54, 1.807) is 0 Å². The van der Waals surface area contributed by atoms with E-state index in [9.17, 15) is 0 Å². The molecule has 15 heavy (non-hydrogen) atoms. The summed E-state index contributed by atoms with van der Waals surface area (Å²) in [6.45, 7) is 0. The monoisotopic (exact) mass is 397 g/mol. The summed E-state index contributed by atoms with van der Waals surface area (Å²) < 4.78 is 0. The average molecular weight is 397 g/mol. The van der Waals surface area contributed by atoms with Crippen molar-refractivity contribution in [1.29, 1.82) is 0 Å². The third-order valence-corrected chi connectivity index (χ3v) is 1.91. The van der Waals surface area contributed by atoms with Gasteiger partial charge in [-0.05, 0) is 0 Å². The van der Waals surface area contributed by atoms with Crippen LogP contribution in [0.4, 0.5) is 0 Å². The third kappa shape index (κ3) is 9.84. The summed E-state index contributed by atoms with van der Waals surface area (Å²) >= 11 is 0. The van der Waals surface area contributed by atoms with Crippen LogP contribution in [0.3, 0.4) is 0 Å². The SMILES string of the molecule is O=C(O)C(=O)O.[NH-]C1CCC([NH-])CC1.[Pt+2]. The number of aliphatic carboxylic acids is 2. The second kappa shape index (κ2) is 8.82. The Labute approximate surface area is 102 Å². The first-order valence-electron chi connectivity index (χ1n) is 4.32. The standard InChI is InChI=1S/C6H12N2.C2H2O4.Pt/c7-5-1-2-6(8)4-3-5;3-1(4)2(5)6;/h5-8H,1-4H2;(H,3,4)(H,5,6);/q-2;;+2. The first kappa shape index (κ1) is 17.0. The van der Waals surface area contributed by atoms with E-state index >= 15 is 0 Å². The smallest absolute Gasteiger partial charge is 0.675 e. The Morgan fingerprint density at radius 3 is 1.20 bits per heavy atom. The van der Waals surface area contributed by atoms with Crippen molar-refractivity contribution in [2.24, 2.45) is 0 Å². The number of hydrogen-bond acceptors (Lipinski definition) is 2. The molecule has 4 N–H and O–H groups in total. The summed E-state index contributed by atoms with van der Waals surface area (Å²) in [5.74, 6) is -3.65. The molecular weight excluding hydrogens is 383 g/mol. The molecule has 1 aliphatic rings. The van der Waals surface area contributed by atoms with Gasteiger partial charge in [-0.15, -0.1) is 12.1 Å². The molecule has 0 aromatic heterocycles. The molecule has 1 aliphatic carbocycles. The van der Waals surface area contributed by atoms with Crippen molar-refractivity contribution in [3.63, 3.8) is 0 Å². The molecule has 1 rings (SSSR count). The van der Waals surface area contributed by atoms with Gasteiger partial charge in [0.1, 0.15) is 0 Å². The van der Waals surface area contributed by atoms with Crippen LogP contribution < -0.4 is 0 Å². The predicted molar refractivity (Wildman–Crippen MR) is 50.0 cm³/mol. The van der Waals surface area contributed by atoms with Gasteiger partial charge in [-0.25, -0.2) is 9.59 Å². The maximum absolute atomic E-state index is 9.10. The van der Waals surface area contributed by atoms with Gasteiger partial charge < -0.3 is 21.7 Å². The second-order valence-electron chi connectivity index (χ2n) is 3.16. The molecule has 1 fully saturated rings. The average Bonchev–Trinajstić information content (AvgIpc) is 2.11. The molecular formula is C8H14N2O4Pt. The Hall–Kier alpha value is -0.452. The van der Waals surface area contributed by atoms with Crippen molar-refractivity contribution in [3.05, 3.63) is 11.5 Å². The molecule has 7 heteroatoms. The van der Waals surface area contributed by atoms with Crippen molar-refractivity contribution in [3.8, 4) is 0 Å². The zero-order chi connectivity index (χ0) is 11.1. The van der Waals surface area contributed by atoms with Crippen LogP contribution in [0.2, 0.25) is 0 Å². The molecule has 0 amide bonds. The first-order chi connectivity index (χ1) is 6.43. The molecule has 6 nitrogen and oxygen atoms in total. The summed E-state index contributed by atoms with van der Waals surface area (Å²) in [5, 5.41) is 14.8. The summed E-state index contributed by atoms with van der Waals surface area (Å²) in [6.07, 6.45) is 3.81. The van der Waals surface area contributed by atoms with E-state index < -0.39 is 11.9 Å². The molecule has 0 spiro atoms. The summed E-state index contributed by atoms with van der Waals surface area (Å²) in [6, 6.07) is 0.299. The van der Waals surface area contributed by atoms with Crippen LogP contribution in [0.15, 0.2) is 0 Å². The second-order valence-corrected chi connectivity index (χ2v) is 3.16. The van der Waals surface area contributed by atoms with Crippen LogP contribution in [0.25, 0.3) is 11.5 Å². The number of rotatable bonds is 0. The zero-order valence-electron chi connectivity index (χ0n) is 8.01. The van der Waals surface area contributed by atoms with E-state index in [0.717, 1.165) is 25.7 Å². The first-order valence-corrected chi connectivity index (χ1v) is 4.32. The van der Waals surface area contributed by atoms with Gasteiger partial charge in [0.05, 0.1) is 0 Å². The summed E-state index contributed by atoms with van der Waals surface area (Å²) in [4.78, 5) is 18.2. The van der Waals surface area contributed by atoms with Crippen LogP contribution >= 0.6 is 0 Å². The van der Waals surface area contributed by atoms with Gasteiger partial charge in [0.25, 0.3) is 0 Å². The molecule has 0 heterocycles. The molecule has 0 bridgehead atoms. The fourth-order valence-corrected chi connectivity index (χ4v) is 1.09. The molecule has 90 valence electrons. The summed E-state index contributed by atoms with van der Waals surface area (Å²) in [7, 11) is 0. The molecule has 0 aliphatic heterocycles. The number of hydrogen-bond donors (Lipinski definition) is 2. The molecule has 0 aromatic carbocycles. The van der Waals surface area contributed by atoms with Crippen molar-refractivity contribution >= 4 is 11.9 Å². The number of carboxylic acid groups (broad SMARTS) is 2. The van der Waals surface area contributed by atoms with E-state index in [2.05, 4.69) is 0 Å². The minimum absolute atomic E-state index is 0. The van der Waals surface area contributed by atoms with Crippen molar-refractivity contribution in [2.45, 2.75) is 37.8 Å². The molecule has 0 aromatic rings. The van der Waals surface area contributed by atoms with E-state index in [1.165, 1.54) is 0 Å². The Morgan fingerprint density at radius 2 is 1.07 bits per heavy atom. The quantitative estimate of drug-likeness (QED) is 0.602. The van der Waals surface area contributed by atoms with Crippen LogP contribution in [0, 0.1) is 0 Å². The minimum atomic E-state index is -1.82. The fourth-order valence-electron chi connectivity index (χ4n) is 1.09. The minimum Gasteiger partial charge on any atom is -0.675 e. The van der Waals surface area contributed by atoms with Gasteiger partial charge in [-0.2, -0.15) is 0 Å². The maximum Gasteiger partial charge on any atom is 2.00 e.